The Bertz CT molecular complexity index is 600. The number of benzene rings is 1. The third-order valence-electron chi connectivity index (χ3n) is 3.10. The third kappa shape index (κ3) is 4.54. The highest BCUT2D eigenvalue weighted by Crippen LogP contribution is 2.02. The summed E-state index contributed by atoms with van der Waals surface area (Å²) >= 11 is 0. The molecule has 2 rings (SSSR count). The van der Waals surface area contributed by atoms with Crippen molar-refractivity contribution in [1.82, 2.24) is 14.9 Å². The molecule has 3 amide bonds. The van der Waals surface area contributed by atoms with E-state index in [0.29, 0.717) is 6.42 Å². The molecule has 114 valence electrons. The van der Waals surface area contributed by atoms with Gasteiger partial charge in [-0.05, 0) is 12.0 Å². The van der Waals surface area contributed by atoms with E-state index in [-0.39, 0.29) is 31.3 Å². The van der Waals surface area contributed by atoms with Gasteiger partial charge in [-0.3, -0.25) is 9.69 Å². The van der Waals surface area contributed by atoms with Crippen LogP contribution in [-0.2, 0) is 21.2 Å². The third-order valence-corrected chi connectivity index (χ3v) is 4.48. The molecule has 1 aromatic carbocycles. The summed E-state index contributed by atoms with van der Waals surface area (Å²) in [5.41, 5.74) is 0.942. The maximum atomic E-state index is 11.8. The molecule has 0 atom stereocenters. The molecule has 0 bridgehead atoms. The Morgan fingerprint density at radius 1 is 1.19 bits per heavy atom. The minimum Gasteiger partial charge on any atom is -0.329 e. The predicted octanol–water partition coefficient (Wildman–Crippen LogP) is -0.300. The van der Waals surface area contributed by atoms with Crippen LogP contribution in [0.4, 0.5) is 4.79 Å². The number of nitrogens with one attached hydrogen (secondary N) is 2. The van der Waals surface area contributed by atoms with Gasteiger partial charge in [-0.25, -0.2) is 17.9 Å². The van der Waals surface area contributed by atoms with Crippen LogP contribution >= 0.6 is 0 Å². The monoisotopic (exact) mass is 311 g/mol. The average molecular weight is 311 g/mol. The first-order valence-corrected chi connectivity index (χ1v) is 8.22. The van der Waals surface area contributed by atoms with E-state index in [1.54, 1.807) is 0 Å². The minimum absolute atomic E-state index is 0.0241. The van der Waals surface area contributed by atoms with E-state index in [9.17, 15) is 18.0 Å². The predicted molar refractivity (Wildman–Crippen MR) is 77.0 cm³/mol. The van der Waals surface area contributed by atoms with Gasteiger partial charge in [0, 0.05) is 13.1 Å². The van der Waals surface area contributed by atoms with E-state index in [2.05, 4.69) is 10.0 Å². The molecule has 1 aliphatic rings. The Labute approximate surface area is 123 Å². The number of carbonyl (C=O) groups excluding carboxylic acids is 2. The van der Waals surface area contributed by atoms with Gasteiger partial charge < -0.3 is 5.32 Å². The highest BCUT2D eigenvalue weighted by Gasteiger charge is 2.28. The van der Waals surface area contributed by atoms with E-state index < -0.39 is 16.1 Å². The first-order valence-electron chi connectivity index (χ1n) is 6.57. The van der Waals surface area contributed by atoms with E-state index in [0.717, 1.165) is 10.5 Å². The molecular weight excluding hydrogens is 294 g/mol. The first-order chi connectivity index (χ1) is 9.98. The normalized spacial score (nSPS) is 15.3. The summed E-state index contributed by atoms with van der Waals surface area (Å²) in [5.74, 6) is -0.375. The number of imide groups is 1. The molecule has 0 radical (unpaired) electrons. The Hall–Kier alpha value is -1.93. The first kappa shape index (κ1) is 15.5. The van der Waals surface area contributed by atoms with Crippen molar-refractivity contribution in [2.75, 3.05) is 25.4 Å². The molecule has 0 aliphatic carbocycles. The summed E-state index contributed by atoms with van der Waals surface area (Å²) in [6, 6.07) is 8.82. The summed E-state index contributed by atoms with van der Waals surface area (Å²) in [7, 11) is -3.43. The van der Waals surface area contributed by atoms with Crippen LogP contribution in [0, 0.1) is 0 Å². The Balaban J connectivity index is 1.76. The van der Waals surface area contributed by atoms with E-state index in [4.69, 9.17) is 0 Å². The quantitative estimate of drug-likeness (QED) is 0.676. The number of urea groups is 1. The zero-order chi connectivity index (χ0) is 15.3. The second kappa shape index (κ2) is 6.68. The van der Waals surface area contributed by atoms with Crippen molar-refractivity contribution in [2.24, 2.45) is 0 Å². The van der Waals surface area contributed by atoms with Crippen LogP contribution < -0.4 is 10.0 Å². The van der Waals surface area contributed by atoms with Gasteiger partial charge in [0.1, 0.15) is 0 Å². The summed E-state index contributed by atoms with van der Waals surface area (Å²) in [5, 5.41) is 2.37. The zero-order valence-corrected chi connectivity index (χ0v) is 12.2. The van der Waals surface area contributed by atoms with Crippen molar-refractivity contribution in [1.29, 1.82) is 0 Å². The maximum absolute atomic E-state index is 11.8. The lowest BCUT2D eigenvalue weighted by Crippen LogP contribution is -2.39. The van der Waals surface area contributed by atoms with E-state index in [1.807, 2.05) is 30.3 Å². The molecule has 7 nitrogen and oxygen atoms in total. The van der Waals surface area contributed by atoms with E-state index in [1.165, 1.54) is 0 Å². The summed E-state index contributed by atoms with van der Waals surface area (Å²) < 4.78 is 26.0. The molecule has 2 N–H and O–H groups in total. The molecule has 1 fully saturated rings. The molecule has 8 heteroatoms. The smallest absolute Gasteiger partial charge is 0.324 e. The number of carbonyl (C=O) groups is 2. The fourth-order valence-electron chi connectivity index (χ4n) is 1.96. The lowest BCUT2D eigenvalue weighted by atomic mass is 10.2. The number of nitrogens with zero attached hydrogens (tertiary/aromatic N) is 1. The summed E-state index contributed by atoms with van der Waals surface area (Å²) in [4.78, 5) is 23.6. The molecular formula is C13H17N3O4S. The van der Waals surface area contributed by atoms with Gasteiger partial charge >= 0.3 is 6.03 Å². The molecule has 1 aliphatic heterocycles. The van der Waals surface area contributed by atoms with Gasteiger partial charge in [0.25, 0.3) is 0 Å². The molecule has 0 saturated carbocycles. The van der Waals surface area contributed by atoms with Gasteiger partial charge in [-0.1, -0.05) is 30.3 Å². The average Bonchev–Trinajstić information content (AvgIpc) is 2.78. The number of amides is 3. The summed E-state index contributed by atoms with van der Waals surface area (Å²) in [6.45, 7) is 0.0328. The van der Waals surface area contributed by atoms with Gasteiger partial charge in [0.15, 0.2) is 0 Å². The van der Waals surface area contributed by atoms with E-state index >= 15 is 0 Å². The highest BCUT2D eigenvalue weighted by atomic mass is 32.2. The second-order valence-electron chi connectivity index (χ2n) is 4.65. The number of rotatable bonds is 7. The van der Waals surface area contributed by atoms with Gasteiger partial charge in [-0.2, -0.15) is 0 Å². The van der Waals surface area contributed by atoms with Crippen LogP contribution in [0.15, 0.2) is 30.3 Å². The molecule has 0 unspecified atom stereocenters. The Morgan fingerprint density at radius 3 is 2.52 bits per heavy atom. The largest absolute Gasteiger partial charge is 0.329 e. The molecule has 21 heavy (non-hydrogen) atoms. The molecule has 0 spiro atoms. The SMILES string of the molecule is O=C1CNC(=O)N1CCNS(=O)(=O)CCc1ccccc1. The highest BCUT2D eigenvalue weighted by molar-refractivity contribution is 7.89. The topological polar surface area (TPSA) is 95.6 Å². The second-order valence-corrected chi connectivity index (χ2v) is 6.58. The van der Waals surface area contributed by atoms with Gasteiger partial charge in [-0.15, -0.1) is 0 Å². The number of hydrogen-bond donors (Lipinski definition) is 2. The van der Waals surface area contributed by atoms with Crippen LogP contribution in [-0.4, -0.2) is 50.6 Å². The lowest BCUT2D eigenvalue weighted by molar-refractivity contribution is -0.124. The lowest BCUT2D eigenvalue weighted by Gasteiger charge is -2.13. The maximum Gasteiger partial charge on any atom is 0.324 e. The zero-order valence-electron chi connectivity index (χ0n) is 11.4. The van der Waals surface area contributed by atoms with Crippen molar-refractivity contribution in [3.05, 3.63) is 35.9 Å². The standard InChI is InChI=1S/C13H17N3O4S/c17-12-10-14-13(18)16(12)8-7-15-21(19,20)9-6-11-4-2-1-3-5-11/h1-5,15H,6-10H2,(H,14,18). The number of hydrogen-bond acceptors (Lipinski definition) is 4. The fraction of sp³-hybridized carbons (Fsp3) is 0.385. The summed E-state index contributed by atoms with van der Waals surface area (Å²) in [6.07, 6.45) is 0.416. The minimum atomic E-state index is -3.43. The van der Waals surface area contributed by atoms with Crippen LogP contribution in [0.5, 0.6) is 0 Å². The van der Waals surface area contributed by atoms with Crippen LogP contribution in [0.1, 0.15) is 5.56 Å². The van der Waals surface area contributed by atoms with Crippen molar-refractivity contribution < 1.29 is 18.0 Å². The van der Waals surface area contributed by atoms with Gasteiger partial charge in [0.2, 0.25) is 15.9 Å². The molecule has 0 aromatic heterocycles. The van der Waals surface area contributed by atoms with Crippen LogP contribution in [0.3, 0.4) is 0 Å². The molecule has 1 saturated heterocycles. The van der Waals surface area contributed by atoms with Crippen LogP contribution in [0.25, 0.3) is 0 Å². The number of aryl methyl sites for hydroxylation is 1. The molecule has 1 heterocycles. The van der Waals surface area contributed by atoms with Crippen molar-refractivity contribution >= 4 is 22.0 Å². The molecule has 1 aromatic rings. The van der Waals surface area contributed by atoms with Crippen LogP contribution in [0.2, 0.25) is 0 Å². The Morgan fingerprint density at radius 2 is 1.90 bits per heavy atom. The Kier molecular flexibility index (Phi) is 4.92. The van der Waals surface area contributed by atoms with Crippen molar-refractivity contribution in [3.63, 3.8) is 0 Å². The van der Waals surface area contributed by atoms with Gasteiger partial charge in [0.05, 0.1) is 12.3 Å². The fourth-order valence-corrected chi connectivity index (χ4v) is 3.01. The number of sulfonamides is 1. The van der Waals surface area contributed by atoms with Crippen molar-refractivity contribution in [2.45, 2.75) is 6.42 Å². The van der Waals surface area contributed by atoms with Crippen molar-refractivity contribution in [3.8, 4) is 0 Å².